The molecule has 1 atom stereocenters. The lowest BCUT2D eigenvalue weighted by Gasteiger charge is -2.16. The molecule has 0 aliphatic heterocycles. The Morgan fingerprint density at radius 1 is 1.00 bits per heavy atom. The van der Waals surface area contributed by atoms with Crippen LogP contribution in [0.5, 0.6) is 5.75 Å². The van der Waals surface area contributed by atoms with Gasteiger partial charge >= 0.3 is 0 Å². The molecule has 4 rings (SSSR count). The summed E-state index contributed by atoms with van der Waals surface area (Å²) in [5.74, 6) is -0.928. The highest BCUT2D eigenvalue weighted by molar-refractivity contribution is 7.86. The molecule has 0 saturated carbocycles. The Morgan fingerprint density at radius 2 is 1.66 bits per heavy atom. The number of hydrogen-bond donors (Lipinski definition) is 3. The number of benzene rings is 3. The second-order valence-corrected chi connectivity index (χ2v) is 9.72. The number of hydrogen-bond acceptors (Lipinski definition) is 11. The highest BCUT2D eigenvalue weighted by atomic mass is 35.5. The van der Waals surface area contributed by atoms with Gasteiger partial charge in [-0.2, -0.15) is 28.5 Å². The van der Waals surface area contributed by atoms with E-state index in [0.29, 0.717) is 5.69 Å². The monoisotopic (exact) mass is 553 g/mol. The van der Waals surface area contributed by atoms with Crippen LogP contribution in [0.3, 0.4) is 0 Å². The van der Waals surface area contributed by atoms with Crippen LogP contribution in [-0.4, -0.2) is 41.8 Å². The molecule has 0 bridgehead atoms. The number of nitrogens with zero attached hydrogens (tertiary/aromatic N) is 5. The third-order valence-electron chi connectivity index (χ3n) is 4.44. The van der Waals surface area contributed by atoms with Gasteiger partial charge in [0.2, 0.25) is 16.5 Å². The quantitative estimate of drug-likeness (QED) is 0.171. The molecular weight excluding hydrogens is 543 g/mol. The topological polar surface area (TPSA) is 190 Å². The van der Waals surface area contributed by atoms with Gasteiger partial charge in [0, 0.05) is 10.3 Å². The minimum Gasteiger partial charge on any atom is -0.768 e. The zero-order chi connectivity index (χ0) is 25.3. The molecule has 0 aliphatic carbocycles. The average molecular weight is 554 g/mol. The van der Waals surface area contributed by atoms with Gasteiger partial charge in [-0.05, 0) is 70.0 Å². The molecule has 35 heavy (non-hydrogen) atoms. The van der Waals surface area contributed by atoms with E-state index in [1.165, 1.54) is 0 Å². The van der Waals surface area contributed by atoms with Crippen LogP contribution in [0.2, 0.25) is 10.6 Å². The molecule has 3 aromatic carbocycles. The molecule has 0 spiro atoms. The summed E-state index contributed by atoms with van der Waals surface area (Å²) in [5, 5.41) is 20.8. The van der Waals surface area contributed by atoms with Crippen LogP contribution >= 0.6 is 23.2 Å². The van der Waals surface area contributed by atoms with Gasteiger partial charge in [-0.15, -0.1) is 5.11 Å². The summed E-state index contributed by atoms with van der Waals surface area (Å²) in [4.78, 5) is 10.2. The van der Waals surface area contributed by atoms with E-state index in [2.05, 4.69) is 30.5 Å². The Balaban J connectivity index is 2.01. The van der Waals surface area contributed by atoms with Crippen molar-refractivity contribution in [3.8, 4) is 5.75 Å². The Morgan fingerprint density at radius 3 is 2.26 bits per heavy atom. The summed E-state index contributed by atoms with van der Waals surface area (Å²) < 4.78 is 57.3. The number of aromatic hydroxyl groups is 1. The van der Waals surface area contributed by atoms with Crippen molar-refractivity contribution in [2.24, 2.45) is 10.2 Å². The number of anilines is 2. The Hall–Kier alpha value is -3.27. The van der Waals surface area contributed by atoms with Crippen LogP contribution in [0.25, 0.3) is 10.8 Å². The van der Waals surface area contributed by atoms with Gasteiger partial charge in [-0.1, -0.05) is 18.2 Å². The number of phenols is 1. The number of azo groups is 1. The first kappa shape index (κ1) is 24.8. The molecule has 0 amide bonds. The minimum absolute atomic E-state index is 0.0735. The van der Waals surface area contributed by atoms with Crippen LogP contribution in [0.15, 0.2) is 68.6 Å². The maximum atomic E-state index is 12.1. The molecule has 0 saturated heterocycles. The number of phenolic OH excluding ortho intramolecular Hbond substituents is 1. The van der Waals surface area contributed by atoms with Crippen LogP contribution in [-0.2, 0) is 21.2 Å². The van der Waals surface area contributed by atoms with Crippen molar-refractivity contribution in [3.63, 3.8) is 0 Å². The first-order valence-corrected chi connectivity index (χ1v) is 12.5. The van der Waals surface area contributed by atoms with E-state index in [-0.39, 0.29) is 37.9 Å². The number of aromatic nitrogens is 3. The summed E-state index contributed by atoms with van der Waals surface area (Å²) in [7, 11) is -4.92. The fourth-order valence-corrected chi connectivity index (χ4v) is 4.51. The number of fused-ring (bicyclic) bond motifs is 1. The lowest BCUT2D eigenvalue weighted by molar-refractivity contribution is 0.472. The predicted octanol–water partition coefficient (Wildman–Crippen LogP) is 4.68. The largest absolute Gasteiger partial charge is 0.768 e. The van der Waals surface area contributed by atoms with Crippen molar-refractivity contribution in [1.29, 1.82) is 0 Å². The van der Waals surface area contributed by atoms with Crippen molar-refractivity contribution in [1.82, 2.24) is 15.0 Å². The van der Waals surface area contributed by atoms with Gasteiger partial charge in [0.05, 0.1) is 11.4 Å². The van der Waals surface area contributed by atoms with E-state index in [1.807, 2.05) is 0 Å². The number of rotatable bonds is 6. The maximum absolute atomic E-state index is 12.1. The van der Waals surface area contributed by atoms with E-state index in [4.69, 9.17) is 23.2 Å². The first-order chi connectivity index (χ1) is 16.5. The number of nitrogens with one attached hydrogen (secondary N) is 1. The molecule has 4 aromatic rings. The molecule has 0 aliphatic rings. The highest BCUT2D eigenvalue weighted by Gasteiger charge is 2.24. The summed E-state index contributed by atoms with van der Waals surface area (Å²) in [6, 6.07) is 11.4. The second kappa shape index (κ2) is 9.77. The molecule has 12 nitrogen and oxygen atoms in total. The maximum Gasteiger partial charge on any atom is 0.296 e. The van der Waals surface area contributed by atoms with Gasteiger partial charge < -0.3 is 15.0 Å². The minimum atomic E-state index is -4.92. The van der Waals surface area contributed by atoms with E-state index < -0.39 is 37.5 Å². The third kappa shape index (κ3) is 5.53. The van der Waals surface area contributed by atoms with E-state index in [0.717, 1.165) is 18.2 Å². The molecule has 1 aromatic heterocycles. The van der Waals surface area contributed by atoms with Gasteiger partial charge in [-0.3, -0.25) is 8.76 Å². The van der Waals surface area contributed by atoms with E-state index >= 15 is 0 Å². The molecular formula is C19H11Cl2N6O6S2-. The Kier molecular flexibility index (Phi) is 6.93. The van der Waals surface area contributed by atoms with E-state index in [1.54, 1.807) is 30.3 Å². The van der Waals surface area contributed by atoms with Gasteiger partial charge in [0.15, 0.2) is 5.75 Å². The van der Waals surface area contributed by atoms with Crippen molar-refractivity contribution in [2.75, 3.05) is 5.32 Å². The highest BCUT2D eigenvalue weighted by Crippen LogP contribution is 2.45. The standard InChI is InChI=1S/C19H12Cl2N6O6S2/c20-17-23-18(21)25-19(24-17)22-12-8-11(34(29)30)6-9-7-13(35(31,32)33)15(16(28)14(9)12)27-26-10-4-2-1-3-5-10/h1-8,28H,(H,29,30)(H,31,32,33)(H,22,23,24,25)/p-1. The fraction of sp³-hybridized carbons (Fsp3) is 0. The summed E-state index contributed by atoms with van der Waals surface area (Å²) in [6.07, 6.45) is 0. The predicted molar refractivity (Wildman–Crippen MR) is 126 cm³/mol. The Labute approximate surface area is 209 Å². The summed E-state index contributed by atoms with van der Waals surface area (Å²) >= 11 is 8.81. The molecule has 1 heterocycles. The van der Waals surface area contributed by atoms with Gasteiger partial charge in [0.1, 0.15) is 10.6 Å². The zero-order valence-electron chi connectivity index (χ0n) is 17.0. The van der Waals surface area contributed by atoms with Crippen molar-refractivity contribution in [2.45, 2.75) is 9.79 Å². The normalized spacial score (nSPS) is 12.8. The molecule has 3 N–H and O–H groups in total. The zero-order valence-corrected chi connectivity index (χ0v) is 20.1. The summed E-state index contributed by atoms with van der Waals surface area (Å²) in [5.41, 5.74) is -0.330. The van der Waals surface area contributed by atoms with Gasteiger partial charge in [-0.25, -0.2) is 0 Å². The van der Waals surface area contributed by atoms with Gasteiger partial charge in [0.25, 0.3) is 10.1 Å². The molecule has 1 unspecified atom stereocenters. The summed E-state index contributed by atoms with van der Waals surface area (Å²) in [6.45, 7) is 0. The Bertz CT molecular complexity index is 1600. The fourth-order valence-electron chi connectivity index (χ4n) is 3.05. The molecule has 0 radical (unpaired) electrons. The smallest absolute Gasteiger partial charge is 0.296 e. The third-order valence-corrected chi connectivity index (χ3v) is 6.27. The lowest BCUT2D eigenvalue weighted by Crippen LogP contribution is -2.03. The van der Waals surface area contributed by atoms with Crippen LogP contribution in [0.1, 0.15) is 0 Å². The lowest BCUT2D eigenvalue weighted by atomic mass is 10.1. The van der Waals surface area contributed by atoms with E-state index in [9.17, 15) is 26.8 Å². The molecule has 0 fully saturated rings. The molecule has 16 heteroatoms. The van der Waals surface area contributed by atoms with Crippen LogP contribution < -0.4 is 5.32 Å². The average Bonchev–Trinajstić information content (AvgIpc) is 2.77. The SMILES string of the molecule is O=S([O-])c1cc(Nc2nc(Cl)nc(Cl)n2)c2c(O)c(N=Nc3ccccc3)c(S(=O)(=O)O)cc2c1. The number of halogens is 2. The van der Waals surface area contributed by atoms with Crippen molar-refractivity contribution in [3.05, 3.63) is 59.1 Å². The van der Waals surface area contributed by atoms with Crippen LogP contribution in [0, 0.1) is 0 Å². The van der Waals surface area contributed by atoms with Crippen molar-refractivity contribution >= 4 is 78.2 Å². The van der Waals surface area contributed by atoms with Crippen LogP contribution in [0.4, 0.5) is 23.0 Å². The molecule has 180 valence electrons. The second-order valence-electron chi connectivity index (χ2n) is 6.71. The first-order valence-electron chi connectivity index (χ1n) is 9.24. The van der Waals surface area contributed by atoms with Crippen molar-refractivity contribution < 1.29 is 26.8 Å².